The summed E-state index contributed by atoms with van der Waals surface area (Å²) in [6.07, 6.45) is 2.12. The van der Waals surface area contributed by atoms with Crippen LogP contribution >= 0.6 is 0 Å². The van der Waals surface area contributed by atoms with Gasteiger partial charge in [-0.15, -0.1) is 0 Å². The van der Waals surface area contributed by atoms with Crippen molar-refractivity contribution < 1.29 is 9.21 Å². The monoisotopic (exact) mass is 251 g/mol. The summed E-state index contributed by atoms with van der Waals surface area (Å²) in [6.45, 7) is 1.56. The number of hydrogen-bond donors (Lipinski definition) is 0. The first-order valence-corrected chi connectivity index (χ1v) is 6.16. The van der Waals surface area contributed by atoms with E-state index in [4.69, 9.17) is 4.42 Å². The number of Topliss-reactive ketones (excluding diaryl/α,β-unsaturated/α-hetero) is 1. The molecule has 0 aliphatic carbocycles. The van der Waals surface area contributed by atoms with E-state index in [9.17, 15) is 4.79 Å². The molecule has 3 rings (SSSR count). The minimum atomic E-state index is 0.101. The maximum Gasteiger partial charge on any atom is 0.137 e. The number of pyridine rings is 1. The first-order valence-electron chi connectivity index (χ1n) is 6.16. The molecule has 94 valence electrons. The Morgan fingerprint density at radius 3 is 2.95 bits per heavy atom. The fraction of sp³-hybridized carbons (Fsp3) is 0.125. The summed E-state index contributed by atoms with van der Waals surface area (Å²) in [5, 5.41) is 1.07. The molecule has 0 atom stereocenters. The lowest BCUT2D eigenvalue weighted by atomic mass is 10.1. The highest BCUT2D eigenvalue weighted by atomic mass is 16.3. The third-order valence-electron chi connectivity index (χ3n) is 2.97. The fourth-order valence-corrected chi connectivity index (χ4v) is 2.10. The van der Waals surface area contributed by atoms with Gasteiger partial charge in [0.1, 0.15) is 17.3 Å². The third kappa shape index (κ3) is 2.40. The summed E-state index contributed by atoms with van der Waals surface area (Å²) in [4.78, 5) is 15.4. The number of benzene rings is 1. The van der Waals surface area contributed by atoms with Crippen LogP contribution in [0.1, 0.15) is 12.7 Å². The van der Waals surface area contributed by atoms with Crippen molar-refractivity contribution in [3.8, 4) is 11.3 Å². The first-order chi connectivity index (χ1) is 9.22. The Kier molecular flexibility index (Phi) is 2.88. The van der Waals surface area contributed by atoms with Gasteiger partial charge in [-0.3, -0.25) is 9.78 Å². The molecule has 0 saturated heterocycles. The number of carbonyl (C=O) groups excluding carboxylic acids is 1. The molecule has 3 nitrogen and oxygen atoms in total. The van der Waals surface area contributed by atoms with Gasteiger partial charge < -0.3 is 4.42 Å². The van der Waals surface area contributed by atoms with Crippen molar-refractivity contribution in [2.45, 2.75) is 13.3 Å². The van der Waals surface area contributed by atoms with Crippen molar-refractivity contribution in [1.29, 1.82) is 0 Å². The number of fused-ring (bicyclic) bond motifs is 1. The number of carbonyl (C=O) groups is 1. The van der Waals surface area contributed by atoms with Gasteiger partial charge in [0.15, 0.2) is 0 Å². The van der Waals surface area contributed by atoms with E-state index in [0.717, 1.165) is 22.2 Å². The molecule has 19 heavy (non-hydrogen) atoms. The summed E-state index contributed by atoms with van der Waals surface area (Å²) < 4.78 is 5.69. The number of hydrogen-bond acceptors (Lipinski definition) is 3. The van der Waals surface area contributed by atoms with E-state index in [2.05, 4.69) is 4.98 Å². The summed E-state index contributed by atoms with van der Waals surface area (Å²) >= 11 is 0. The van der Waals surface area contributed by atoms with Crippen molar-refractivity contribution >= 4 is 16.7 Å². The fourth-order valence-electron chi connectivity index (χ4n) is 2.10. The topological polar surface area (TPSA) is 43.1 Å². The predicted molar refractivity (Wildman–Crippen MR) is 73.8 cm³/mol. The van der Waals surface area contributed by atoms with E-state index in [-0.39, 0.29) is 5.78 Å². The van der Waals surface area contributed by atoms with Gasteiger partial charge in [-0.05, 0) is 43.3 Å². The Hall–Kier alpha value is -2.42. The summed E-state index contributed by atoms with van der Waals surface area (Å²) in [5.41, 5.74) is 1.96. The van der Waals surface area contributed by atoms with Crippen LogP contribution in [0.3, 0.4) is 0 Å². The highest BCUT2D eigenvalue weighted by Gasteiger charge is 2.07. The molecule has 0 bridgehead atoms. The first kappa shape index (κ1) is 11.7. The largest absolute Gasteiger partial charge is 0.461 e. The van der Waals surface area contributed by atoms with Gasteiger partial charge >= 0.3 is 0 Å². The molecule has 0 unspecified atom stereocenters. The van der Waals surface area contributed by atoms with E-state index in [1.54, 1.807) is 13.1 Å². The van der Waals surface area contributed by atoms with Crippen LogP contribution in [-0.4, -0.2) is 10.8 Å². The summed E-state index contributed by atoms with van der Waals surface area (Å²) in [7, 11) is 0. The molecule has 2 aromatic heterocycles. The minimum absolute atomic E-state index is 0.101. The third-order valence-corrected chi connectivity index (χ3v) is 2.97. The standard InChI is InChI=1S/C16H13NO2/c1-11(18)9-14-5-7-16(19-14)13-4-6-15-12(10-13)3-2-8-17-15/h2-8,10H,9H2,1H3. The molecule has 3 aromatic rings. The Balaban J connectivity index is 1.99. The quantitative estimate of drug-likeness (QED) is 0.714. The second kappa shape index (κ2) is 4.69. The van der Waals surface area contributed by atoms with Gasteiger partial charge in [0, 0.05) is 17.1 Å². The summed E-state index contributed by atoms with van der Waals surface area (Å²) in [6, 6.07) is 13.7. The molecule has 0 saturated carbocycles. The normalized spacial score (nSPS) is 10.8. The van der Waals surface area contributed by atoms with Crippen molar-refractivity contribution in [2.24, 2.45) is 0 Å². The van der Waals surface area contributed by atoms with Gasteiger partial charge in [-0.1, -0.05) is 6.07 Å². The van der Waals surface area contributed by atoms with Crippen LogP contribution < -0.4 is 0 Å². The lowest BCUT2D eigenvalue weighted by Gasteiger charge is -2.00. The number of nitrogens with zero attached hydrogens (tertiary/aromatic N) is 1. The lowest BCUT2D eigenvalue weighted by molar-refractivity contribution is -0.116. The summed E-state index contributed by atoms with van der Waals surface area (Å²) in [5.74, 6) is 1.58. The van der Waals surface area contributed by atoms with Crippen LogP contribution in [0.2, 0.25) is 0 Å². The molecular formula is C16H13NO2. The zero-order valence-electron chi connectivity index (χ0n) is 10.6. The molecule has 0 amide bonds. The maximum atomic E-state index is 11.1. The van der Waals surface area contributed by atoms with Crippen LogP contribution in [0.25, 0.3) is 22.2 Å². The molecule has 0 spiro atoms. The number of rotatable bonds is 3. The second-order valence-corrected chi connectivity index (χ2v) is 4.56. The maximum absolute atomic E-state index is 11.1. The molecule has 0 aliphatic rings. The molecule has 0 fully saturated rings. The Morgan fingerprint density at radius 2 is 2.11 bits per heavy atom. The molecule has 0 aliphatic heterocycles. The molecule has 0 radical (unpaired) electrons. The van der Waals surface area contributed by atoms with Gasteiger partial charge in [0.05, 0.1) is 11.9 Å². The highest BCUT2D eigenvalue weighted by Crippen LogP contribution is 2.25. The Bertz CT molecular complexity index is 743. The molecule has 1 aromatic carbocycles. The molecule has 0 N–H and O–H groups in total. The SMILES string of the molecule is CC(=O)Cc1ccc(-c2ccc3ncccc3c2)o1. The van der Waals surface area contributed by atoms with Gasteiger partial charge in [0.25, 0.3) is 0 Å². The number of aromatic nitrogens is 1. The van der Waals surface area contributed by atoms with Gasteiger partial charge in [0.2, 0.25) is 0 Å². The van der Waals surface area contributed by atoms with E-state index < -0.39 is 0 Å². The van der Waals surface area contributed by atoms with Crippen molar-refractivity contribution in [3.05, 3.63) is 54.4 Å². The highest BCUT2D eigenvalue weighted by molar-refractivity contribution is 5.83. The van der Waals surface area contributed by atoms with Crippen LogP contribution in [-0.2, 0) is 11.2 Å². The smallest absolute Gasteiger partial charge is 0.137 e. The molecular weight excluding hydrogens is 238 g/mol. The average Bonchev–Trinajstić information content (AvgIpc) is 2.86. The predicted octanol–water partition coefficient (Wildman–Crippen LogP) is 3.63. The number of ketones is 1. The van der Waals surface area contributed by atoms with Crippen molar-refractivity contribution in [3.63, 3.8) is 0 Å². The zero-order chi connectivity index (χ0) is 13.2. The minimum Gasteiger partial charge on any atom is -0.461 e. The van der Waals surface area contributed by atoms with Crippen LogP contribution in [0.4, 0.5) is 0 Å². The Morgan fingerprint density at radius 1 is 1.21 bits per heavy atom. The average molecular weight is 251 g/mol. The van der Waals surface area contributed by atoms with Gasteiger partial charge in [-0.2, -0.15) is 0 Å². The van der Waals surface area contributed by atoms with Crippen LogP contribution in [0.5, 0.6) is 0 Å². The molecule has 2 heterocycles. The van der Waals surface area contributed by atoms with Crippen molar-refractivity contribution in [1.82, 2.24) is 4.98 Å². The van der Waals surface area contributed by atoms with Gasteiger partial charge in [-0.25, -0.2) is 0 Å². The van der Waals surface area contributed by atoms with E-state index >= 15 is 0 Å². The molecule has 3 heteroatoms. The zero-order valence-corrected chi connectivity index (χ0v) is 10.6. The second-order valence-electron chi connectivity index (χ2n) is 4.56. The van der Waals surface area contributed by atoms with E-state index in [1.807, 2.05) is 42.5 Å². The van der Waals surface area contributed by atoms with E-state index in [1.165, 1.54) is 0 Å². The Labute approximate surface area is 110 Å². The van der Waals surface area contributed by atoms with Crippen LogP contribution in [0, 0.1) is 0 Å². The lowest BCUT2D eigenvalue weighted by Crippen LogP contribution is -1.93. The van der Waals surface area contributed by atoms with E-state index in [0.29, 0.717) is 12.2 Å². The van der Waals surface area contributed by atoms with Crippen molar-refractivity contribution in [2.75, 3.05) is 0 Å². The van der Waals surface area contributed by atoms with Crippen LogP contribution in [0.15, 0.2) is 53.1 Å². The number of furan rings is 1.